The van der Waals surface area contributed by atoms with Crippen LogP contribution in [-0.2, 0) is 16.0 Å². The maximum atomic E-state index is 13.6. The summed E-state index contributed by atoms with van der Waals surface area (Å²) >= 11 is 0. The second-order valence-corrected chi connectivity index (χ2v) is 7.58. The summed E-state index contributed by atoms with van der Waals surface area (Å²) in [5, 5.41) is 2.82. The van der Waals surface area contributed by atoms with Gasteiger partial charge in [0.25, 0.3) is 0 Å². The Hall–Kier alpha value is -2.18. The van der Waals surface area contributed by atoms with Gasteiger partial charge in [-0.3, -0.25) is 4.79 Å². The van der Waals surface area contributed by atoms with Gasteiger partial charge in [0.15, 0.2) is 0 Å². The molecule has 7 heteroatoms. The Morgan fingerprint density at radius 2 is 2.04 bits per heavy atom. The van der Waals surface area contributed by atoms with Crippen molar-refractivity contribution in [3.63, 3.8) is 0 Å². The molecule has 2 aliphatic rings. The minimum absolute atomic E-state index is 0.127. The van der Waals surface area contributed by atoms with Crippen LogP contribution in [-0.4, -0.2) is 41.6 Å². The highest BCUT2D eigenvalue weighted by Gasteiger charge is 2.48. The second-order valence-electron chi connectivity index (χ2n) is 7.58. The van der Waals surface area contributed by atoms with Gasteiger partial charge in [-0.05, 0) is 42.9 Å². The minimum atomic E-state index is -0.669. The number of fused-ring (bicyclic) bond motifs is 1. The lowest BCUT2D eigenvalue weighted by molar-refractivity contribution is -0.120. The molecule has 1 aromatic rings. The molecule has 1 N–H and O–H groups in total. The molecule has 148 valence electrons. The van der Waals surface area contributed by atoms with E-state index < -0.39 is 23.8 Å². The fourth-order valence-electron chi connectivity index (χ4n) is 4.39. The SMILES string of the molecule is CCCC1CCN2C(=O)O[C@@H]([C@H](Cc3cc(F)cc(F)c3)NC(C)=O)[C@@H]2C1. The zero-order valence-corrected chi connectivity index (χ0v) is 15.7. The van der Waals surface area contributed by atoms with Crippen LogP contribution in [0.4, 0.5) is 13.6 Å². The van der Waals surface area contributed by atoms with Crippen molar-refractivity contribution in [3.05, 3.63) is 35.4 Å². The van der Waals surface area contributed by atoms with Crippen molar-refractivity contribution in [2.45, 2.75) is 64.1 Å². The highest BCUT2D eigenvalue weighted by molar-refractivity contribution is 5.74. The van der Waals surface area contributed by atoms with Gasteiger partial charge in [-0.25, -0.2) is 13.6 Å². The Labute approximate surface area is 158 Å². The number of amides is 2. The fraction of sp³-hybridized carbons (Fsp3) is 0.600. The van der Waals surface area contributed by atoms with E-state index in [4.69, 9.17) is 4.74 Å². The molecule has 5 nitrogen and oxygen atoms in total. The van der Waals surface area contributed by atoms with E-state index in [0.29, 0.717) is 18.0 Å². The molecule has 4 atom stereocenters. The number of piperidine rings is 1. The lowest BCUT2D eigenvalue weighted by Crippen LogP contribution is -2.52. The zero-order valence-electron chi connectivity index (χ0n) is 15.7. The third-order valence-electron chi connectivity index (χ3n) is 5.46. The quantitative estimate of drug-likeness (QED) is 0.823. The van der Waals surface area contributed by atoms with E-state index in [1.807, 2.05) is 0 Å². The van der Waals surface area contributed by atoms with E-state index in [9.17, 15) is 18.4 Å². The predicted octanol–water partition coefficient (Wildman–Crippen LogP) is 3.41. The maximum absolute atomic E-state index is 13.6. The number of hydrogen-bond donors (Lipinski definition) is 1. The minimum Gasteiger partial charge on any atom is -0.442 e. The summed E-state index contributed by atoms with van der Waals surface area (Å²) in [7, 11) is 0. The number of hydrogen-bond acceptors (Lipinski definition) is 3. The van der Waals surface area contributed by atoms with Crippen molar-refractivity contribution >= 4 is 12.0 Å². The molecule has 2 fully saturated rings. The standard InChI is InChI=1S/C20H26F2N2O3/c1-3-4-13-5-6-24-18(10-13)19(27-20(24)26)17(23-12(2)25)9-14-7-15(21)11-16(22)8-14/h7-8,11,13,17-19H,3-6,9-10H2,1-2H3,(H,23,25)/t13?,17-,18-,19-/m0/s1. The van der Waals surface area contributed by atoms with Crippen LogP contribution < -0.4 is 5.32 Å². The van der Waals surface area contributed by atoms with Crippen LogP contribution in [0.5, 0.6) is 0 Å². The van der Waals surface area contributed by atoms with Crippen LogP contribution in [0, 0.1) is 17.6 Å². The first-order chi connectivity index (χ1) is 12.9. The molecule has 0 saturated carbocycles. The first kappa shape index (κ1) is 19.6. The molecule has 0 radical (unpaired) electrons. The van der Waals surface area contributed by atoms with Crippen molar-refractivity contribution in [1.82, 2.24) is 10.2 Å². The monoisotopic (exact) mass is 380 g/mol. The van der Waals surface area contributed by atoms with Gasteiger partial charge in [-0.15, -0.1) is 0 Å². The van der Waals surface area contributed by atoms with Crippen LogP contribution in [0.1, 0.15) is 45.1 Å². The van der Waals surface area contributed by atoms with Crippen molar-refractivity contribution in [3.8, 4) is 0 Å². The van der Waals surface area contributed by atoms with Gasteiger partial charge < -0.3 is 15.0 Å². The summed E-state index contributed by atoms with van der Waals surface area (Å²) < 4.78 is 32.7. The molecule has 0 spiro atoms. The molecule has 2 aliphatic heterocycles. The Kier molecular flexibility index (Phi) is 5.97. The van der Waals surface area contributed by atoms with Gasteiger partial charge >= 0.3 is 6.09 Å². The number of halogens is 2. The van der Waals surface area contributed by atoms with Crippen LogP contribution >= 0.6 is 0 Å². The molecular formula is C20H26F2N2O3. The number of benzene rings is 1. The zero-order chi connectivity index (χ0) is 19.6. The average Bonchev–Trinajstić information content (AvgIpc) is 2.90. The Morgan fingerprint density at radius 3 is 2.67 bits per heavy atom. The van der Waals surface area contributed by atoms with Gasteiger partial charge in [-0.1, -0.05) is 19.8 Å². The smallest absolute Gasteiger partial charge is 0.410 e. The summed E-state index contributed by atoms with van der Waals surface area (Å²) in [4.78, 5) is 25.8. The van der Waals surface area contributed by atoms with E-state index in [0.717, 1.165) is 31.7 Å². The van der Waals surface area contributed by atoms with E-state index in [1.165, 1.54) is 19.1 Å². The van der Waals surface area contributed by atoms with Crippen LogP contribution in [0.2, 0.25) is 0 Å². The normalized spacial score (nSPS) is 25.7. The number of nitrogens with one attached hydrogen (secondary N) is 1. The Balaban J connectivity index is 1.82. The molecule has 0 aliphatic carbocycles. The van der Waals surface area contributed by atoms with Crippen molar-refractivity contribution < 1.29 is 23.1 Å². The third-order valence-corrected chi connectivity index (χ3v) is 5.46. The van der Waals surface area contributed by atoms with E-state index in [-0.39, 0.29) is 24.5 Å². The molecule has 3 rings (SSSR count). The van der Waals surface area contributed by atoms with Gasteiger partial charge in [0.2, 0.25) is 5.91 Å². The first-order valence-corrected chi connectivity index (χ1v) is 9.56. The van der Waals surface area contributed by atoms with Crippen LogP contribution in [0.15, 0.2) is 18.2 Å². The molecule has 1 unspecified atom stereocenters. The molecule has 2 saturated heterocycles. The number of ether oxygens (including phenoxy) is 1. The highest BCUT2D eigenvalue weighted by atomic mass is 19.1. The first-order valence-electron chi connectivity index (χ1n) is 9.56. The summed E-state index contributed by atoms with van der Waals surface area (Å²) in [5.74, 6) is -1.10. The summed E-state index contributed by atoms with van der Waals surface area (Å²) in [6.07, 6.45) is 3.21. The number of rotatable bonds is 6. The predicted molar refractivity (Wildman–Crippen MR) is 96.1 cm³/mol. The summed E-state index contributed by atoms with van der Waals surface area (Å²) in [6, 6.07) is 2.63. The maximum Gasteiger partial charge on any atom is 0.410 e. The van der Waals surface area contributed by atoms with Crippen LogP contribution in [0.3, 0.4) is 0 Å². The number of carbonyl (C=O) groups is 2. The molecular weight excluding hydrogens is 354 g/mol. The van der Waals surface area contributed by atoms with Crippen molar-refractivity contribution in [2.75, 3.05) is 6.54 Å². The number of cyclic esters (lactones) is 1. The largest absolute Gasteiger partial charge is 0.442 e. The number of carbonyl (C=O) groups excluding carboxylic acids is 2. The molecule has 0 bridgehead atoms. The third kappa shape index (κ3) is 4.57. The van der Waals surface area contributed by atoms with Gasteiger partial charge in [0, 0.05) is 19.5 Å². The highest BCUT2D eigenvalue weighted by Crippen LogP contribution is 2.35. The van der Waals surface area contributed by atoms with E-state index in [1.54, 1.807) is 4.90 Å². The van der Waals surface area contributed by atoms with E-state index in [2.05, 4.69) is 12.2 Å². The summed E-state index contributed by atoms with van der Waals surface area (Å²) in [5.41, 5.74) is 0.418. The average molecular weight is 380 g/mol. The molecule has 1 aromatic carbocycles. The molecule has 2 heterocycles. The Morgan fingerprint density at radius 1 is 1.33 bits per heavy atom. The van der Waals surface area contributed by atoms with E-state index >= 15 is 0 Å². The molecule has 2 amide bonds. The number of nitrogens with zero attached hydrogens (tertiary/aromatic N) is 1. The van der Waals surface area contributed by atoms with Crippen molar-refractivity contribution in [1.29, 1.82) is 0 Å². The lowest BCUT2D eigenvalue weighted by Gasteiger charge is -2.36. The fourth-order valence-corrected chi connectivity index (χ4v) is 4.39. The van der Waals surface area contributed by atoms with Crippen molar-refractivity contribution in [2.24, 2.45) is 5.92 Å². The topological polar surface area (TPSA) is 58.6 Å². The second kappa shape index (κ2) is 8.23. The van der Waals surface area contributed by atoms with Gasteiger partial charge in [-0.2, -0.15) is 0 Å². The van der Waals surface area contributed by atoms with Gasteiger partial charge in [0.1, 0.15) is 17.7 Å². The van der Waals surface area contributed by atoms with Crippen LogP contribution in [0.25, 0.3) is 0 Å². The lowest BCUT2D eigenvalue weighted by atomic mass is 9.83. The molecule has 0 aromatic heterocycles. The Bertz CT molecular complexity index is 692. The molecule has 27 heavy (non-hydrogen) atoms. The van der Waals surface area contributed by atoms with Gasteiger partial charge in [0.05, 0.1) is 12.1 Å². The summed E-state index contributed by atoms with van der Waals surface area (Å²) in [6.45, 7) is 4.17.